The lowest BCUT2D eigenvalue weighted by molar-refractivity contribution is -0.151. The van der Waals surface area contributed by atoms with E-state index in [1.807, 2.05) is 18.2 Å². The molecular formula is C17H22N2O3S. The largest absolute Gasteiger partial charge is 0.480 e. The molecule has 1 N–H and O–H groups in total. The van der Waals surface area contributed by atoms with Crippen LogP contribution in [0.4, 0.5) is 0 Å². The second-order valence-electron chi connectivity index (χ2n) is 6.26. The van der Waals surface area contributed by atoms with E-state index < -0.39 is 12.0 Å². The highest BCUT2D eigenvalue weighted by atomic mass is 32.2. The molecule has 2 aliphatic heterocycles. The number of piperidine rings is 1. The third-order valence-electron chi connectivity index (χ3n) is 4.77. The summed E-state index contributed by atoms with van der Waals surface area (Å²) in [6.07, 6.45) is 1.65. The number of likely N-dealkylation sites (tertiary alicyclic amines) is 1. The molecule has 3 rings (SSSR count). The van der Waals surface area contributed by atoms with Crippen LogP contribution in [0.5, 0.6) is 0 Å². The molecule has 2 saturated heterocycles. The van der Waals surface area contributed by atoms with Crippen LogP contribution in [0.1, 0.15) is 25.3 Å². The standard InChI is InChI=1S/C17H22N2O3S/c1-13(20)19-15(16(21)22)12-23-17(19)7-9-18(10-8-17)11-14-5-3-2-4-6-14/h2-6,15H,7-12H2,1H3,(H,21,22). The third-order valence-corrected chi connectivity index (χ3v) is 6.40. The third kappa shape index (κ3) is 3.23. The van der Waals surface area contributed by atoms with Crippen LogP contribution in [-0.4, -0.2) is 56.5 Å². The molecule has 0 aromatic heterocycles. The Kier molecular flexibility index (Phi) is 4.64. The number of benzene rings is 1. The second kappa shape index (κ2) is 6.53. The Morgan fingerprint density at radius 1 is 1.26 bits per heavy atom. The van der Waals surface area contributed by atoms with E-state index in [1.165, 1.54) is 12.5 Å². The molecule has 1 atom stereocenters. The van der Waals surface area contributed by atoms with Gasteiger partial charge in [0.15, 0.2) is 0 Å². The van der Waals surface area contributed by atoms with E-state index in [0.29, 0.717) is 5.75 Å². The number of carboxylic acid groups (broad SMARTS) is 1. The van der Waals surface area contributed by atoms with Crippen LogP contribution in [0.2, 0.25) is 0 Å². The summed E-state index contributed by atoms with van der Waals surface area (Å²) in [5.74, 6) is -0.525. The highest BCUT2D eigenvalue weighted by molar-refractivity contribution is 8.01. The van der Waals surface area contributed by atoms with Gasteiger partial charge < -0.3 is 10.0 Å². The second-order valence-corrected chi connectivity index (χ2v) is 7.64. The lowest BCUT2D eigenvalue weighted by atomic mass is 10.00. The molecule has 0 radical (unpaired) electrons. The fraction of sp³-hybridized carbons (Fsp3) is 0.529. The molecule has 1 spiro atoms. The predicted molar refractivity (Wildman–Crippen MR) is 90.1 cm³/mol. The molecule has 1 unspecified atom stereocenters. The van der Waals surface area contributed by atoms with Crippen molar-refractivity contribution in [1.29, 1.82) is 0 Å². The van der Waals surface area contributed by atoms with Gasteiger partial charge in [-0.1, -0.05) is 30.3 Å². The molecule has 1 aromatic rings. The fourth-order valence-corrected chi connectivity index (χ4v) is 5.26. The molecule has 6 heteroatoms. The average Bonchev–Trinajstić information content (AvgIpc) is 2.90. The molecule has 2 heterocycles. The van der Waals surface area contributed by atoms with Gasteiger partial charge in [0.05, 0.1) is 4.87 Å². The fourth-order valence-electron chi connectivity index (χ4n) is 3.64. The lowest BCUT2D eigenvalue weighted by Gasteiger charge is -2.44. The number of nitrogens with zero attached hydrogens (tertiary/aromatic N) is 2. The molecule has 0 saturated carbocycles. The first kappa shape index (κ1) is 16.3. The molecule has 0 aliphatic carbocycles. The summed E-state index contributed by atoms with van der Waals surface area (Å²) >= 11 is 1.64. The Morgan fingerprint density at radius 2 is 1.91 bits per heavy atom. The molecule has 2 fully saturated rings. The number of rotatable bonds is 3. The summed E-state index contributed by atoms with van der Waals surface area (Å²) in [5, 5.41) is 9.38. The Bertz CT molecular complexity index is 585. The Hall–Kier alpha value is -1.53. The van der Waals surface area contributed by atoms with Gasteiger partial charge in [-0.2, -0.15) is 0 Å². The van der Waals surface area contributed by atoms with E-state index in [2.05, 4.69) is 17.0 Å². The number of carbonyl (C=O) groups is 2. The number of carboxylic acids is 1. The van der Waals surface area contributed by atoms with E-state index in [4.69, 9.17) is 0 Å². The zero-order chi connectivity index (χ0) is 16.4. The van der Waals surface area contributed by atoms with Crippen molar-refractivity contribution in [3.8, 4) is 0 Å². The highest BCUT2D eigenvalue weighted by Gasteiger charge is 2.52. The summed E-state index contributed by atoms with van der Waals surface area (Å²) in [7, 11) is 0. The van der Waals surface area contributed by atoms with E-state index in [0.717, 1.165) is 32.5 Å². The van der Waals surface area contributed by atoms with E-state index in [1.54, 1.807) is 16.7 Å². The molecule has 2 aliphatic rings. The van der Waals surface area contributed by atoms with E-state index >= 15 is 0 Å². The molecular weight excluding hydrogens is 312 g/mol. The summed E-state index contributed by atoms with van der Waals surface area (Å²) in [6.45, 7) is 4.17. The van der Waals surface area contributed by atoms with Crippen molar-refractivity contribution >= 4 is 23.6 Å². The molecule has 23 heavy (non-hydrogen) atoms. The topological polar surface area (TPSA) is 60.9 Å². The summed E-state index contributed by atoms with van der Waals surface area (Å²) in [6, 6.07) is 9.66. The first-order chi connectivity index (χ1) is 11.0. The summed E-state index contributed by atoms with van der Waals surface area (Å²) in [4.78, 5) is 27.1. The van der Waals surface area contributed by atoms with Crippen LogP contribution in [0.3, 0.4) is 0 Å². The van der Waals surface area contributed by atoms with Gasteiger partial charge in [-0.05, 0) is 18.4 Å². The van der Waals surface area contributed by atoms with Gasteiger partial charge in [0.1, 0.15) is 6.04 Å². The van der Waals surface area contributed by atoms with Crippen molar-refractivity contribution < 1.29 is 14.7 Å². The minimum Gasteiger partial charge on any atom is -0.480 e. The van der Waals surface area contributed by atoms with E-state index in [-0.39, 0.29) is 10.8 Å². The first-order valence-electron chi connectivity index (χ1n) is 7.95. The normalized spacial score (nSPS) is 24.0. The minimum absolute atomic E-state index is 0.126. The smallest absolute Gasteiger partial charge is 0.327 e. The van der Waals surface area contributed by atoms with Gasteiger partial charge in [0.2, 0.25) is 5.91 Å². The number of hydrogen-bond acceptors (Lipinski definition) is 4. The number of carbonyl (C=O) groups excluding carboxylic acids is 1. The van der Waals surface area contributed by atoms with Gasteiger partial charge in [0, 0.05) is 32.3 Å². The molecule has 0 bridgehead atoms. The van der Waals surface area contributed by atoms with Crippen LogP contribution in [0.15, 0.2) is 30.3 Å². The van der Waals surface area contributed by atoms with Crippen molar-refractivity contribution in [2.75, 3.05) is 18.8 Å². The van der Waals surface area contributed by atoms with Crippen LogP contribution in [-0.2, 0) is 16.1 Å². The van der Waals surface area contributed by atoms with Gasteiger partial charge in [-0.15, -0.1) is 11.8 Å². The maximum atomic E-state index is 12.0. The zero-order valence-corrected chi connectivity index (χ0v) is 14.1. The van der Waals surface area contributed by atoms with Crippen LogP contribution in [0, 0.1) is 0 Å². The Labute approximate surface area is 140 Å². The first-order valence-corrected chi connectivity index (χ1v) is 8.93. The number of aliphatic carboxylic acids is 1. The minimum atomic E-state index is -0.892. The van der Waals surface area contributed by atoms with Gasteiger partial charge >= 0.3 is 5.97 Å². The van der Waals surface area contributed by atoms with E-state index in [9.17, 15) is 14.7 Å². The van der Waals surface area contributed by atoms with Crippen LogP contribution in [0.25, 0.3) is 0 Å². The van der Waals surface area contributed by atoms with Crippen molar-refractivity contribution in [1.82, 2.24) is 9.80 Å². The number of amides is 1. The molecule has 5 nitrogen and oxygen atoms in total. The number of thioether (sulfide) groups is 1. The summed E-state index contributed by atoms with van der Waals surface area (Å²) in [5.41, 5.74) is 1.29. The monoisotopic (exact) mass is 334 g/mol. The quantitative estimate of drug-likeness (QED) is 0.916. The molecule has 1 aromatic carbocycles. The Balaban J connectivity index is 1.67. The van der Waals surface area contributed by atoms with Gasteiger partial charge in [-0.25, -0.2) is 4.79 Å². The van der Waals surface area contributed by atoms with Crippen molar-refractivity contribution in [2.24, 2.45) is 0 Å². The molecule has 124 valence electrons. The maximum Gasteiger partial charge on any atom is 0.327 e. The predicted octanol–water partition coefficient (Wildman–Crippen LogP) is 2.03. The van der Waals surface area contributed by atoms with Crippen molar-refractivity contribution in [3.63, 3.8) is 0 Å². The lowest BCUT2D eigenvalue weighted by Crippen LogP contribution is -2.56. The van der Waals surface area contributed by atoms with Crippen molar-refractivity contribution in [3.05, 3.63) is 35.9 Å². The summed E-state index contributed by atoms with van der Waals surface area (Å²) < 4.78 is 0. The van der Waals surface area contributed by atoms with Gasteiger partial charge in [0.25, 0.3) is 0 Å². The van der Waals surface area contributed by atoms with Crippen LogP contribution < -0.4 is 0 Å². The number of hydrogen-bond donors (Lipinski definition) is 1. The highest BCUT2D eigenvalue weighted by Crippen LogP contribution is 2.46. The van der Waals surface area contributed by atoms with Crippen LogP contribution >= 0.6 is 11.8 Å². The SMILES string of the molecule is CC(=O)N1C(C(=O)O)CSC12CCN(Cc1ccccc1)CC2. The van der Waals surface area contributed by atoms with Gasteiger partial charge in [-0.3, -0.25) is 9.69 Å². The maximum absolute atomic E-state index is 12.0. The Morgan fingerprint density at radius 3 is 2.48 bits per heavy atom. The molecule has 1 amide bonds. The van der Waals surface area contributed by atoms with Crippen molar-refractivity contribution in [2.45, 2.75) is 37.2 Å². The zero-order valence-electron chi connectivity index (χ0n) is 13.3. The average molecular weight is 334 g/mol.